The third kappa shape index (κ3) is 5.44. The van der Waals surface area contributed by atoms with Crippen LogP contribution in [0.2, 0.25) is 0 Å². The second-order valence-corrected chi connectivity index (χ2v) is 6.33. The van der Waals surface area contributed by atoms with Crippen LogP contribution < -0.4 is 0 Å². The maximum absolute atomic E-state index is 10.3. The molecule has 1 rings (SSSR count). The molecule has 0 spiro atoms. The summed E-state index contributed by atoms with van der Waals surface area (Å²) in [5.74, 6) is -1.91. The van der Waals surface area contributed by atoms with Gasteiger partial charge in [0.1, 0.15) is 24.4 Å². The van der Waals surface area contributed by atoms with Crippen molar-refractivity contribution < 1.29 is 30.3 Å². The number of aliphatic hydroxyl groups excluding tert-OH is 4. The molecule has 1 fully saturated rings. The molecule has 1 aliphatic rings. The Morgan fingerprint density at radius 1 is 0.864 bits per heavy atom. The Hall–Kier alpha value is -0.240. The number of ether oxygens (including phenoxy) is 1. The average molecular weight is 320 g/mol. The van der Waals surface area contributed by atoms with E-state index in [1.807, 2.05) is 0 Å². The minimum absolute atomic E-state index is 0.170. The van der Waals surface area contributed by atoms with Gasteiger partial charge in [-0.25, -0.2) is 0 Å². The largest absolute Gasteiger partial charge is 0.394 e. The van der Waals surface area contributed by atoms with Crippen molar-refractivity contribution in [2.75, 3.05) is 6.61 Å². The van der Waals surface area contributed by atoms with Crippen LogP contribution in [0, 0.1) is 0 Å². The van der Waals surface area contributed by atoms with Gasteiger partial charge in [0.25, 0.3) is 0 Å². The van der Waals surface area contributed by atoms with Crippen molar-refractivity contribution in [2.24, 2.45) is 0 Å². The fourth-order valence-electron chi connectivity index (χ4n) is 2.94. The van der Waals surface area contributed by atoms with Crippen LogP contribution >= 0.6 is 0 Å². The molecule has 132 valence electrons. The molecule has 0 radical (unpaired) electrons. The molecule has 0 aromatic carbocycles. The predicted molar refractivity (Wildman–Crippen MR) is 82.2 cm³/mol. The second-order valence-electron chi connectivity index (χ2n) is 6.33. The average Bonchev–Trinajstić information content (AvgIpc) is 2.52. The molecule has 1 saturated heterocycles. The van der Waals surface area contributed by atoms with Crippen LogP contribution in [0.15, 0.2) is 0 Å². The molecule has 0 aromatic heterocycles. The molecular weight excluding hydrogens is 288 g/mol. The first-order chi connectivity index (χ1) is 10.5. The highest BCUT2D eigenvalue weighted by molar-refractivity contribution is 4.95. The zero-order valence-corrected chi connectivity index (χ0v) is 13.5. The highest BCUT2D eigenvalue weighted by atomic mass is 16.7. The normalized spacial score (nSPS) is 35.7. The highest BCUT2D eigenvalue weighted by Gasteiger charge is 2.51. The summed E-state index contributed by atoms with van der Waals surface area (Å²) in [6.45, 7) is 1.66. The first-order valence-electron chi connectivity index (χ1n) is 8.51. The SMILES string of the molecule is CCCCCCCCCC[C@]1(O)O[C@H](CO)[C@@H](O)[C@H](O)[C@@H]1O. The molecule has 1 heterocycles. The molecule has 22 heavy (non-hydrogen) atoms. The molecule has 1 aliphatic heterocycles. The first-order valence-corrected chi connectivity index (χ1v) is 8.51. The summed E-state index contributed by atoms with van der Waals surface area (Å²) >= 11 is 0. The number of rotatable bonds is 10. The fourth-order valence-corrected chi connectivity index (χ4v) is 2.94. The van der Waals surface area contributed by atoms with Crippen LogP contribution in [0.5, 0.6) is 0 Å². The quantitative estimate of drug-likeness (QED) is 0.379. The Morgan fingerprint density at radius 3 is 1.95 bits per heavy atom. The molecule has 0 aliphatic carbocycles. The predicted octanol–water partition coefficient (Wildman–Crippen LogP) is 0.680. The van der Waals surface area contributed by atoms with E-state index in [-0.39, 0.29) is 6.42 Å². The summed E-state index contributed by atoms with van der Waals surface area (Å²) in [5.41, 5.74) is 0. The summed E-state index contributed by atoms with van der Waals surface area (Å²) in [6.07, 6.45) is 3.33. The van der Waals surface area contributed by atoms with E-state index in [1.54, 1.807) is 0 Å². The van der Waals surface area contributed by atoms with Crippen LogP contribution in [-0.2, 0) is 4.74 Å². The maximum atomic E-state index is 10.3. The van der Waals surface area contributed by atoms with Crippen molar-refractivity contribution in [1.29, 1.82) is 0 Å². The number of unbranched alkanes of at least 4 members (excludes halogenated alkanes) is 7. The van der Waals surface area contributed by atoms with Gasteiger partial charge in [0, 0.05) is 6.42 Å². The molecule has 0 unspecified atom stereocenters. The second kappa shape index (κ2) is 9.80. The van der Waals surface area contributed by atoms with Gasteiger partial charge in [-0.15, -0.1) is 0 Å². The minimum atomic E-state index is -1.91. The van der Waals surface area contributed by atoms with Gasteiger partial charge in [-0.05, 0) is 6.42 Å². The third-order valence-corrected chi connectivity index (χ3v) is 4.44. The van der Waals surface area contributed by atoms with E-state index in [4.69, 9.17) is 9.84 Å². The van der Waals surface area contributed by atoms with Crippen LogP contribution in [0.4, 0.5) is 0 Å². The van der Waals surface area contributed by atoms with Gasteiger partial charge in [-0.3, -0.25) is 0 Å². The monoisotopic (exact) mass is 320 g/mol. The van der Waals surface area contributed by atoms with E-state index in [1.165, 1.54) is 25.7 Å². The molecule has 0 aromatic rings. The van der Waals surface area contributed by atoms with Gasteiger partial charge in [0.2, 0.25) is 0 Å². The Morgan fingerprint density at radius 2 is 1.41 bits per heavy atom. The molecule has 0 saturated carbocycles. The van der Waals surface area contributed by atoms with Gasteiger partial charge in [-0.1, -0.05) is 51.9 Å². The lowest BCUT2D eigenvalue weighted by atomic mass is 9.89. The van der Waals surface area contributed by atoms with Crippen LogP contribution in [0.1, 0.15) is 64.7 Å². The van der Waals surface area contributed by atoms with E-state index in [0.717, 1.165) is 19.3 Å². The van der Waals surface area contributed by atoms with E-state index in [2.05, 4.69) is 6.92 Å². The van der Waals surface area contributed by atoms with E-state index >= 15 is 0 Å². The van der Waals surface area contributed by atoms with Crippen molar-refractivity contribution in [1.82, 2.24) is 0 Å². The lowest BCUT2D eigenvalue weighted by molar-refractivity contribution is -0.351. The minimum Gasteiger partial charge on any atom is -0.394 e. The molecule has 0 bridgehead atoms. The summed E-state index contributed by atoms with van der Waals surface area (Å²) in [5, 5.41) is 48.8. The van der Waals surface area contributed by atoms with Crippen molar-refractivity contribution in [3.8, 4) is 0 Å². The van der Waals surface area contributed by atoms with Crippen molar-refractivity contribution in [3.63, 3.8) is 0 Å². The number of hydrogen-bond acceptors (Lipinski definition) is 6. The highest BCUT2D eigenvalue weighted by Crippen LogP contribution is 2.32. The van der Waals surface area contributed by atoms with Gasteiger partial charge in [0.15, 0.2) is 5.79 Å². The van der Waals surface area contributed by atoms with Gasteiger partial charge in [0.05, 0.1) is 6.61 Å². The molecule has 6 nitrogen and oxygen atoms in total. The standard InChI is InChI=1S/C16H32O6/c1-2-3-4-5-6-7-8-9-10-16(21)15(20)14(19)13(18)12(11-17)22-16/h12-15,17-21H,2-11H2,1H3/t12-,13-,14+,15+,16+/m1/s1. The van der Waals surface area contributed by atoms with Gasteiger partial charge >= 0.3 is 0 Å². The van der Waals surface area contributed by atoms with E-state index in [0.29, 0.717) is 6.42 Å². The van der Waals surface area contributed by atoms with Crippen LogP contribution in [-0.4, -0.2) is 62.3 Å². The van der Waals surface area contributed by atoms with Crippen molar-refractivity contribution in [2.45, 2.75) is 94.9 Å². The number of aliphatic hydroxyl groups is 5. The van der Waals surface area contributed by atoms with E-state index < -0.39 is 36.8 Å². The lowest BCUT2D eigenvalue weighted by Crippen LogP contribution is -2.65. The number of hydrogen-bond donors (Lipinski definition) is 5. The van der Waals surface area contributed by atoms with Crippen LogP contribution in [0.25, 0.3) is 0 Å². The summed E-state index contributed by atoms with van der Waals surface area (Å²) in [4.78, 5) is 0. The smallest absolute Gasteiger partial charge is 0.195 e. The molecular formula is C16H32O6. The zero-order valence-electron chi connectivity index (χ0n) is 13.5. The summed E-state index contributed by atoms with van der Waals surface area (Å²) in [7, 11) is 0. The molecule has 0 amide bonds. The molecule has 5 N–H and O–H groups in total. The van der Waals surface area contributed by atoms with E-state index in [9.17, 15) is 20.4 Å². The maximum Gasteiger partial charge on any atom is 0.195 e. The Labute approximate surface area is 132 Å². The molecule has 6 heteroatoms. The topological polar surface area (TPSA) is 110 Å². The van der Waals surface area contributed by atoms with Crippen LogP contribution in [0.3, 0.4) is 0 Å². The lowest BCUT2D eigenvalue weighted by Gasteiger charge is -2.45. The summed E-state index contributed by atoms with van der Waals surface area (Å²) in [6, 6.07) is 0. The fraction of sp³-hybridized carbons (Fsp3) is 1.00. The Kier molecular flexibility index (Phi) is 8.82. The van der Waals surface area contributed by atoms with Gasteiger partial charge in [-0.2, -0.15) is 0 Å². The molecule has 5 atom stereocenters. The van der Waals surface area contributed by atoms with Crippen molar-refractivity contribution in [3.05, 3.63) is 0 Å². The van der Waals surface area contributed by atoms with Gasteiger partial charge < -0.3 is 30.3 Å². The third-order valence-electron chi connectivity index (χ3n) is 4.44. The summed E-state index contributed by atoms with van der Waals surface area (Å²) < 4.78 is 5.22. The Bertz CT molecular complexity index is 298. The zero-order chi connectivity index (χ0) is 16.6. The van der Waals surface area contributed by atoms with Crippen molar-refractivity contribution >= 4 is 0 Å². The Balaban J connectivity index is 2.30. The first kappa shape index (κ1) is 19.8.